The zero-order chi connectivity index (χ0) is 7.56. The van der Waals surface area contributed by atoms with E-state index in [1.165, 1.54) is 6.33 Å². The van der Waals surface area contributed by atoms with Gasteiger partial charge in [-0.1, -0.05) is 6.58 Å². The van der Waals surface area contributed by atoms with Gasteiger partial charge in [0.1, 0.15) is 6.33 Å². The normalized spacial score (nSPS) is 9.30. The van der Waals surface area contributed by atoms with Gasteiger partial charge >= 0.3 is 0 Å². The molecule has 52 valence electrons. The Kier molecular flexibility index (Phi) is 1.67. The second-order valence-electron chi connectivity index (χ2n) is 1.96. The van der Waals surface area contributed by atoms with Crippen LogP contribution in [0.1, 0.15) is 11.4 Å². The summed E-state index contributed by atoms with van der Waals surface area (Å²) in [6.45, 7) is 5.40. The average molecular weight is 135 g/mol. The number of rotatable bonds is 1. The molecule has 1 aromatic heterocycles. The van der Waals surface area contributed by atoms with Crippen molar-refractivity contribution in [3.63, 3.8) is 0 Å². The van der Waals surface area contributed by atoms with Crippen LogP contribution in [0.15, 0.2) is 12.9 Å². The van der Waals surface area contributed by atoms with E-state index in [1.54, 1.807) is 6.08 Å². The monoisotopic (exact) mass is 135 g/mol. The van der Waals surface area contributed by atoms with Gasteiger partial charge in [-0.25, -0.2) is 9.97 Å². The van der Waals surface area contributed by atoms with Gasteiger partial charge in [0.25, 0.3) is 0 Å². The van der Waals surface area contributed by atoms with E-state index in [0.717, 1.165) is 5.69 Å². The highest BCUT2D eigenvalue weighted by atomic mass is 14.9. The van der Waals surface area contributed by atoms with Crippen LogP contribution in [0.5, 0.6) is 0 Å². The molecular formula is C7H9N3. The Labute approximate surface area is 59.6 Å². The Morgan fingerprint density at radius 2 is 2.30 bits per heavy atom. The lowest BCUT2D eigenvalue weighted by Gasteiger charge is -1.99. The van der Waals surface area contributed by atoms with Crippen LogP contribution in [-0.2, 0) is 0 Å². The van der Waals surface area contributed by atoms with Crippen molar-refractivity contribution in [3.8, 4) is 0 Å². The number of aryl methyl sites for hydroxylation is 1. The van der Waals surface area contributed by atoms with Gasteiger partial charge in [0.15, 0.2) is 0 Å². The number of nitrogen functional groups attached to an aromatic ring is 1. The molecule has 0 amide bonds. The van der Waals surface area contributed by atoms with Crippen molar-refractivity contribution in [3.05, 3.63) is 24.3 Å². The summed E-state index contributed by atoms with van der Waals surface area (Å²) in [4.78, 5) is 7.81. The third kappa shape index (κ3) is 0.978. The van der Waals surface area contributed by atoms with Gasteiger partial charge in [0.2, 0.25) is 0 Å². The maximum Gasteiger partial charge on any atom is 0.116 e. The van der Waals surface area contributed by atoms with Crippen LogP contribution >= 0.6 is 0 Å². The number of nitrogens with two attached hydrogens (primary N) is 1. The zero-order valence-electron chi connectivity index (χ0n) is 5.83. The van der Waals surface area contributed by atoms with E-state index in [1.807, 2.05) is 6.92 Å². The van der Waals surface area contributed by atoms with Crippen molar-refractivity contribution >= 4 is 11.8 Å². The molecule has 3 heteroatoms. The van der Waals surface area contributed by atoms with Gasteiger partial charge < -0.3 is 5.73 Å². The van der Waals surface area contributed by atoms with E-state index in [-0.39, 0.29) is 0 Å². The lowest BCUT2D eigenvalue weighted by molar-refractivity contribution is 1.10. The maximum atomic E-state index is 5.60. The largest absolute Gasteiger partial charge is 0.396 e. The van der Waals surface area contributed by atoms with E-state index in [9.17, 15) is 0 Å². The van der Waals surface area contributed by atoms with Gasteiger partial charge in [0.05, 0.1) is 17.1 Å². The molecular weight excluding hydrogens is 126 g/mol. The van der Waals surface area contributed by atoms with Crippen LogP contribution in [0.4, 0.5) is 5.69 Å². The Bertz CT molecular complexity index is 255. The summed E-state index contributed by atoms with van der Waals surface area (Å²) in [6, 6.07) is 0. The summed E-state index contributed by atoms with van der Waals surface area (Å²) in [5, 5.41) is 0. The number of nitrogens with zero attached hydrogens (tertiary/aromatic N) is 2. The van der Waals surface area contributed by atoms with Crippen LogP contribution < -0.4 is 5.73 Å². The first-order valence-corrected chi connectivity index (χ1v) is 2.95. The fourth-order valence-corrected chi connectivity index (χ4v) is 0.665. The van der Waals surface area contributed by atoms with E-state index in [0.29, 0.717) is 11.4 Å². The molecule has 1 rings (SSSR count). The molecule has 0 saturated carbocycles. The summed E-state index contributed by atoms with van der Waals surface area (Å²) in [5.41, 5.74) is 7.70. The average Bonchev–Trinajstić information content (AvgIpc) is 1.95. The molecule has 0 aliphatic heterocycles. The summed E-state index contributed by atoms with van der Waals surface area (Å²) in [5.74, 6) is 0. The molecule has 0 aliphatic rings. The van der Waals surface area contributed by atoms with Crippen molar-refractivity contribution in [2.75, 3.05) is 5.73 Å². The minimum absolute atomic E-state index is 0.609. The van der Waals surface area contributed by atoms with Crippen molar-refractivity contribution in [1.29, 1.82) is 0 Å². The predicted octanol–water partition coefficient (Wildman–Crippen LogP) is 1.01. The number of hydrogen-bond donors (Lipinski definition) is 1. The van der Waals surface area contributed by atoms with Gasteiger partial charge in [-0.3, -0.25) is 0 Å². The number of hydrogen-bond acceptors (Lipinski definition) is 3. The van der Waals surface area contributed by atoms with Crippen molar-refractivity contribution in [2.24, 2.45) is 0 Å². The molecule has 0 atom stereocenters. The smallest absolute Gasteiger partial charge is 0.116 e. The SMILES string of the molecule is C=Cc1ncnc(C)c1N. The van der Waals surface area contributed by atoms with E-state index >= 15 is 0 Å². The first-order valence-electron chi connectivity index (χ1n) is 2.95. The number of anilines is 1. The minimum atomic E-state index is 0.609. The van der Waals surface area contributed by atoms with Gasteiger partial charge in [0, 0.05) is 0 Å². The van der Waals surface area contributed by atoms with E-state index in [4.69, 9.17) is 5.73 Å². The summed E-state index contributed by atoms with van der Waals surface area (Å²) in [6.07, 6.45) is 3.09. The molecule has 1 aromatic rings. The Balaban J connectivity index is 3.27. The lowest BCUT2D eigenvalue weighted by atomic mass is 10.3. The highest BCUT2D eigenvalue weighted by Crippen LogP contribution is 2.10. The van der Waals surface area contributed by atoms with Crippen molar-refractivity contribution < 1.29 is 0 Å². The highest BCUT2D eigenvalue weighted by Gasteiger charge is 1.97. The molecule has 0 fully saturated rings. The molecule has 10 heavy (non-hydrogen) atoms. The molecule has 0 aliphatic carbocycles. The fraction of sp³-hybridized carbons (Fsp3) is 0.143. The van der Waals surface area contributed by atoms with Crippen LogP contribution in [0.2, 0.25) is 0 Å². The molecule has 0 radical (unpaired) electrons. The molecule has 2 N–H and O–H groups in total. The van der Waals surface area contributed by atoms with Crippen LogP contribution in [0.25, 0.3) is 6.08 Å². The lowest BCUT2D eigenvalue weighted by Crippen LogP contribution is -1.97. The zero-order valence-corrected chi connectivity index (χ0v) is 5.83. The summed E-state index contributed by atoms with van der Waals surface area (Å²) < 4.78 is 0. The Morgan fingerprint density at radius 1 is 1.60 bits per heavy atom. The number of aromatic nitrogens is 2. The Morgan fingerprint density at radius 3 is 2.80 bits per heavy atom. The summed E-state index contributed by atoms with van der Waals surface area (Å²) in [7, 11) is 0. The standard InChI is InChI=1S/C7H9N3/c1-3-6-7(8)5(2)9-4-10-6/h3-4H,1,8H2,2H3. The van der Waals surface area contributed by atoms with Crippen LogP contribution in [0, 0.1) is 6.92 Å². The quantitative estimate of drug-likeness (QED) is 0.625. The van der Waals surface area contributed by atoms with Crippen molar-refractivity contribution in [2.45, 2.75) is 6.92 Å². The Hall–Kier alpha value is -1.38. The van der Waals surface area contributed by atoms with Crippen molar-refractivity contribution in [1.82, 2.24) is 9.97 Å². The molecule has 3 nitrogen and oxygen atoms in total. The molecule has 0 bridgehead atoms. The predicted molar refractivity (Wildman–Crippen MR) is 41.3 cm³/mol. The third-order valence-corrected chi connectivity index (χ3v) is 1.31. The maximum absolute atomic E-state index is 5.60. The highest BCUT2D eigenvalue weighted by molar-refractivity contribution is 5.60. The topological polar surface area (TPSA) is 51.8 Å². The van der Waals surface area contributed by atoms with Crippen LogP contribution in [0.3, 0.4) is 0 Å². The molecule has 0 unspecified atom stereocenters. The molecule has 0 aromatic carbocycles. The molecule has 0 saturated heterocycles. The minimum Gasteiger partial charge on any atom is -0.396 e. The van der Waals surface area contributed by atoms with Gasteiger partial charge in [-0.05, 0) is 13.0 Å². The van der Waals surface area contributed by atoms with E-state index < -0.39 is 0 Å². The van der Waals surface area contributed by atoms with E-state index in [2.05, 4.69) is 16.5 Å². The first-order chi connectivity index (χ1) is 4.75. The second kappa shape index (κ2) is 2.47. The van der Waals surface area contributed by atoms with Gasteiger partial charge in [-0.15, -0.1) is 0 Å². The summed E-state index contributed by atoms with van der Waals surface area (Å²) >= 11 is 0. The third-order valence-electron chi connectivity index (χ3n) is 1.31. The fourth-order valence-electron chi connectivity index (χ4n) is 0.665. The molecule has 0 spiro atoms. The first kappa shape index (κ1) is 6.74. The van der Waals surface area contributed by atoms with Crippen LogP contribution in [-0.4, -0.2) is 9.97 Å². The second-order valence-corrected chi connectivity index (χ2v) is 1.96. The molecule has 1 heterocycles. The van der Waals surface area contributed by atoms with Gasteiger partial charge in [-0.2, -0.15) is 0 Å².